The molecule has 1 amide bonds. The van der Waals surface area contributed by atoms with Crippen LogP contribution in [0.15, 0.2) is 29.2 Å². The van der Waals surface area contributed by atoms with Gasteiger partial charge in [0, 0.05) is 14.1 Å². The number of anilines is 2. The second-order valence-electron chi connectivity index (χ2n) is 5.64. The Morgan fingerprint density at radius 3 is 2.44 bits per heavy atom. The van der Waals surface area contributed by atoms with Crippen LogP contribution in [0.1, 0.15) is 10.4 Å². The van der Waals surface area contributed by atoms with Crippen LogP contribution >= 0.6 is 0 Å². The number of rotatable bonds is 5. The van der Waals surface area contributed by atoms with Crippen LogP contribution in [0.25, 0.3) is 0 Å². The van der Waals surface area contributed by atoms with Crippen molar-refractivity contribution in [2.45, 2.75) is 4.90 Å². The number of ether oxygens (including phenoxy) is 1. The lowest BCUT2D eigenvalue weighted by molar-refractivity contribution is 0.0873. The fourth-order valence-electron chi connectivity index (χ4n) is 2.39. The first kappa shape index (κ1) is 18.3. The molecule has 0 aliphatic carbocycles. The quantitative estimate of drug-likeness (QED) is 0.509. The van der Waals surface area contributed by atoms with Gasteiger partial charge in [0.2, 0.25) is 11.9 Å². The Morgan fingerprint density at radius 2 is 1.85 bits per heavy atom. The summed E-state index contributed by atoms with van der Waals surface area (Å²) < 4.78 is 30.9. The van der Waals surface area contributed by atoms with Gasteiger partial charge in [-0.3, -0.25) is 4.79 Å². The Bertz CT molecular complexity index is 1050. The van der Waals surface area contributed by atoms with Crippen LogP contribution in [0, 0.1) is 11.5 Å². The first-order valence-electron chi connectivity index (χ1n) is 7.60. The molecule has 1 aromatic heterocycles. The van der Waals surface area contributed by atoms with Crippen LogP contribution < -0.4 is 14.5 Å². The van der Waals surface area contributed by atoms with Gasteiger partial charge in [0.05, 0.1) is 12.7 Å². The van der Waals surface area contributed by atoms with E-state index in [9.17, 15) is 18.5 Å². The number of fused-ring (bicyclic) bond motifs is 1. The summed E-state index contributed by atoms with van der Waals surface area (Å²) in [6, 6.07) is 5.80. The third-order valence-corrected chi connectivity index (χ3v) is 5.49. The number of carbonyl (C=O) groups excluding carboxylic acids is 1. The van der Waals surface area contributed by atoms with Gasteiger partial charge in [-0.05, 0) is 12.1 Å². The number of amides is 1. The van der Waals surface area contributed by atoms with Gasteiger partial charge in [0.15, 0.2) is 6.19 Å². The van der Waals surface area contributed by atoms with Crippen molar-refractivity contribution in [2.24, 2.45) is 0 Å². The maximum Gasteiger partial charge on any atom is 0.322 e. The lowest BCUT2D eigenvalue weighted by Crippen LogP contribution is -2.40. The Hall–Kier alpha value is -3.46. The van der Waals surface area contributed by atoms with Gasteiger partial charge in [-0.1, -0.05) is 12.1 Å². The largest absolute Gasteiger partial charge is 0.467 e. The van der Waals surface area contributed by atoms with Crippen LogP contribution in [0.4, 0.5) is 11.9 Å². The summed E-state index contributed by atoms with van der Waals surface area (Å²) in [5.74, 6) is -0.664. The first-order valence-corrected chi connectivity index (χ1v) is 9.04. The molecule has 0 bridgehead atoms. The van der Waals surface area contributed by atoms with Gasteiger partial charge in [-0.2, -0.15) is 20.2 Å². The summed E-state index contributed by atoms with van der Waals surface area (Å²) in [6.45, 7) is -0.577. The zero-order valence-corrected chi connectivity index (χ0v) is 15.5. The molecule has 1 aromatic carbocycles. The minimum atomic E-state index is -4.07. The molecule has 1 aliphatic heterocycles. The van der Waals surface area contributed by atoms with Crippen molar-refractivity contribution in [3.63, 3.8) is 0 Å². The smallest absolute Gasteiger partial charge is 0.322 e. The molecular formula is C15H15N7O4S. The van der Waals surface area contributed by atoms with Crippen LogP contribution in [-0.4, -0.2) is 61.5 Å². The highest BCUT2D eigenvalue weighted by molar-refractivity contribution is 7.90. The maximum absolute atomic E-state index is 12.7. The molecule has 11 nitrogen and oxygen atoms in total. The standard InChI is InChI=1S/C15H15N7O4S/c1-20(2)13-17-14(19-15(18-13)26-3)21(8-16)9-22-12(23)10-6-4-5-7-11(10)27(22,24)25/h4-7H,9H2,1-3H3. The number of hydrogen-bond donors (Lipinski definition) is 0. The Labute approximate surface area is 155 Å². The fraction of sp³-hybridized carbons (Fsp3) is 0.267. The zero-order valence-electron chi connectivity index (χ0n) is 14.7. The number of sulfonamides is 1. The van der Waals surface area contributed by atoms with Crippen molar-refractivity contribution in [1.29, 1.82) is 5.26 Å². The van der Waals surface area contributed by atoms with Crippen molar-refractivity contribution < 1.29 is 17.9 Å². The molecule has 140 valence electrons. The molecule has 27 heavy (non-hydrogen) atoms. The van der Waals surface area contributed by atoms with E-state index in [0.29, 0.717) is 4.31 Å². The second kappa shape index (κ2) is 6.69. The summed E-state index contributed by atoms with van der Waals surface area (Å²) in [5, 5.41) is 9.49. The summed E-state index contributed by atoms with van der Waals surface area (Å²) in [6.07, 6.45) is 1.80. The van der Waals surface area contributed by atoms with Crippen LogP contribution in [-0.2, 0) is 10.0 Å². The predicted octanol–water partition coefficient (Wildman–Crippen LogP) is 0.0359. The van der Waals surface area contributed by atoms with Gasteiger partial charge in [-0.25, -0.2) is 17.6 Å². The molecule has 3 rings (SSSR count). The summed E-state index contributed by atoms with van der Waals surface area (Å²) >= 11 is 0. The minimum absolute atomic E-state index is 0.0529. The molecule has 1 aliphatic rings. The summed E-state index contributed by atoms with van der Waals surface area (Å²) in [4.78, 5) is 27.0. The number of nitriles is 1. The predicted molar refractivity (Wildman–Crippen MR) is 93.5 cm³/mol. The van der Waals surface area contributed by atoms with Crippen molar-refractivity contribution in [2.75, 3.05) is 37.7 Å². The van der Waals surface area contributed by atoms with Gasteiger partial charge in [0.25, 0.3) is 15.9 Å². The SMILES string of the molecule is COc1nc(N(C)C)nc(N(C#N)CN2C(=O)c3ccccc3S2(=O)=O)n1. The molecule has 0 fully saturated rings. The van der Waals surface area contributed by atoms with E-state index in [1.54, 1.807) is 31.3 Å². The van der Waals surface area contributed by atoms with Gasteiger partial charge < -0.3 is 9.64 Å². The fourth-order valence-corrected chi connectivity index (χ4v) is 3.89. The van der Waals surface area contributed by atoms with E-state index in [0.717, 1.165) is 4.90 Å². The van der Waals surface area contributed by atoms with Crippen LogP contribution in [0.3, 0.4) is 0 Å². The number of aromatic nitrogens is 3. The molecule has 0 atom stereocenters. The lowest BCUT2D eigenvalue weighted by atomic mass is 10.2. The molecule has 12 heteroatoms. The summed E-state index contributed by atoms with van der Waals surface area (Å²) in [7, 11) is 0.637. The first-order chi connectivity index (χ1) is 12.8. The number of benzene rings is 1. The lowest BCUT2D eigenvalue weighted by Gasteiger charge is -2.21. The molecule has 0 saturated heterocycles. The van der Waals surface area contributed by atoms with Crippen molar-refractivity contribution in [1.82, 2.24) is 19.3 Å². The van der Waals surface area contributed by atoms with E-state index < -0.39 is 22.6 Å². The third-order valence-electron chi connectivity index (χ3n) is 3.72. The molecule has 0 radical (unpaired) electrons. The Balaban J connectivity index is 1.99. The molecule has 2 heterocycles. The molecular weight excluding hydrogens is 374 g/mol. The van der Waals surface area contributed by atoms with Crippen molar-refractivity contribution in [3.8, 4) is 12.2 Å². The Morgan fingerprint density at radius 1 is 1.19 bits per heavy atom. The number of hydrogen-bond acceptors (Lipinski definition) is 10. The van der Waals surface area contributed by atoms with E-state index in [2.05, 4.69) is 15.0 Å². The molecule has 0 unspecified atom stereocenters. The molecule has 0 spiro atoms. The summed E-state index contributed by atoms with van der Waals surface area (Å²) in [5.41, 5.74) is 0.0533. The minimum Gasteiger partial charge on any atom is -0.467 e. The molecule has 0 N–H and O–H groups in total. The maximum atomic E-state index is 12.7. The average Bonchev–Trinajstić information content (AvgIpc) is 2.85. The number of carbonyl (C=O) groups is 1. The van der Waals surface area contributed by atoms with Crippen LogP contribution in [0.5, 0.6) is 6.01 Å². The highest BCUT2D eigenvalue weighted by Crippen LogP contribution is 2.30. The van der Waals surface area contributed by atoms with Crippen LogP contribution in [0.2, 0.25) is 0 Å². The topological polar surface area (TPSA) is 133 Å². The van der Waals surface area contributed by atoms with E-state index >= 15 is 0 Å². The number of methoxy groups -OCH3 is 1. The normalized spacial score (nSPS) is 14.4. The van der Waals surface area contributed by atoms with Gasteiger partial charge in [-0.15, -0.1) is 0 Å². The highest BCUT2D eigenvalue weighted by Gasteiger charge is 2.42. The zero-order chi connectivity index (χ0) is 19.8. The highest BCUT2D eigenvalue weighted by atomic mass is 32.2. The van der Waals surface area contributed by atoms with Crippen molar-refractivity contribution in [3.05, 3.63) is 29.8 Å². The van der Waals surface area contributed by atoms with Gasteiger partial charge in [0.1, 0.15) is 11.6 Å². The Kier molecular flexibility index (Phi) is 4.54. The number of nitrogens with zero attached hydrogens (tertiary/aromatic N) is 7. The monoisotopic (exact) mass is 389 g/mol. The average molecular weight is 389 g/mol. The van der Waals surface area contributed by atoms with E-state index in [1.165, 1.54) is 25.3 Å². The molecule has 0 saturated carbocycles. The third kappa shape index (κ3) is 3.08. The van der Waals surface area contributed by atoms with Crippen molar-refractivity contribution >= 4 is 27.8 Å². The second-order valence-corrected chi connectivity index (χ2v) is 7.47. The van der Waals surface area contributed by atoms with E-state index in [1.807, 2.05) is 0 Å². The van der Waals surface area contributed by atoms with Gasteiger partial charge >= 0.3 is 6.01 Å². The van der Waals surface area contributed by atoms with E-state index in [4.69, 9.17) is 4.74 Å². The van der Waals surface area contributed by atoms with E-state index in [-0.39, 0.29) is 28.4 Å². The molecule has 2 aromatic rings.